The lowest BCUT2D eigenvalue weighted by atomic mass is 10.3. The maximum atomic E-state index is 5.87. The van der Waals surface area contributed by atoms with Gasteiger partial charge in [0, 0.05) is 22.3 Å². The van der Waals surface area contributed by atoms with E-state index in [4.69, 9.17) is 11.6 Å². The second-order valence-corrected chi connectivity index (χ2v) is 6.10. The quantitative estimate of drug-likeness (QED) is 0.861. The third-order valence-electron chi connectivity index (χ3n) is 2.18. The van der Waals surface area contributed by atoms with E-state index in [0.29, 0.717) is 6.04 Å². The summed E-state index contributed by atoms with van der Waals surface area (Å²) >= 11 is 9.29. The Balaban J connectivity index is 1.88. The van der Waals surface area contributed by atoms with E-state index in [1.54, 1.807) is 22.7 Å². The summed E-state index contributed by atoms with van der Waals surface area (Å²) in [7, 11) is 0. The van der Waals surface area contributed by atoms with Crippen molar-refractivity contribution in [3.05, 3.63) is 43.7 Å². The minimum Gasteiger partial charge on any atom is -0.305 e. The average Bonchev–Trinajstić information content (AvgIpc) is 2.84. The van der Waals surface area contributed by atoms with E-state index in [1.165, 1.54) is 9.75 Å². The molecule has 0 bridgehead atoms. The zero-order valence-corrected chi connectivity index (χ0v) is 10.8. The van der Waals surface area contributed by atoms with E-state index in [1.807, 2.05) is 6.07 Å². The highest BCUT2D eigenvalue weighted by atomic mass is 35.5. The monoisotopic (exact) mass is 257 g/mol. The Morgan fingerprint density at radius 3 is 2.87 bits per heavy atom. The van der Waals surface area contributed by atoms with Crippen LogP contribution in [-0.4, -0.2) is 0 Å². The van der Waals surface area contributed by atoms with Gasteiger partial charge in [0.1, 0.15) is 0 Å². The summed E-state index contributed by atoms with van der Waals surface area (Å²) in [5, 5.41) is 5.58. The third kappa shape index (κ3) is 3.05. The number of nitrogens with one attached hydrogen (secondary N) is 1. The molecule has 1 N–H and O–H groups in total. The topological polar surface area (TPSA) is 12.0 Å². The minimum absolute atomic E-state index is 0.408. The molecule has 0 amide bonds. The molecule has 0 aliphatic heterocycles. The summed E-state index contributed by atoms with van der Waals surface area (Å²) in [4.78, 5) is 2.65. The second-order valence-electron chi connectivity index (χ2n) is 3.32. The SMILES string of the molecule is C[C@@H](NCc1ccc(Cl)s1)c1cccs1. The molecule has 0 unspecified atom stereocenters. The van der Waals surface area contributed by atoms with Gasteiger partial charge in [-0.2, -0.15) is 0 Å². The van der Waals surface area contributed by atoms with Crippen molar-refractivity contribution in [1.29, 1.82) is 0 Å². The van der Waals surface area contributed by atoms with Crippen LogP contribution in [0.15, 0.2) is 29.6 Å². The Morgan fingerprint density at radius 2 is 2.27 bits per heavy atom. The van der Waals surface area contributed by atoms with Gasteiger partial charge >= 0.3 is 0 Å². The van der Waals surface area contributed by atoms with Crippen LogP contribution in [0.4, 0.5) is 0 Å². The summed E-state index contributed by atoms with van der Waals surface area (Å²) in [5.41, 5.74) is 0. The van der Waals surface area contributed by atoms with Crippen molar-refractivity contribution in [2.24, 2.45) is 0 Å². The van der Waals surface area contributed by atoms with E-state index < -0.39 is 0 Å². The van der Waals surface area contributed by atoms with Gasteiger partial charge in [-0.05, 0) is 30.5 Å². The highest BCUT2D eigenvalue weighted by molar-refractivity contribution is 7.16. The molecular formula is C11H12ClNS2. The molecule has 1 nitrogen and oxygen atoms in total. The highest BCUT2D eigenvalue weighted by Gasteiger charge is 2.06. The van der Waals surface area contributed by atoms with Gasteiger partial charge in [-0.25, -0.2) is 0 Å². The molecule has 0 spiro atoms. The Hall–Kier alpha value is -0.350. The third-order valence-corrected chi connectivity index (χ3v) is 4.47. The number of halogens is 1. The number of hydrogen-bond acceptors (Lipinski definition) is 3. The maximum Gasteiger partial charge on any atom is 0.0931 e. The number of thiophene rings is 2. The summed E-state index contributed by atoms with van der Waals surface area (Å²) in [6, 6.07) is 8.66. The number of rotatable bonds is 4. The molecule has 2 aromatic rings. The fraction of sp³-hybridized carbons (Fsp3) is 0.273. The molecule has 4 heteroatoms. The van der Waals surface area contributed by atoms with Crippen molar-refractivity contribution in [1.82, 2.24) is 5.32 Å². The van der Waals surface area contributed by atoms with Crippen molar-refractivity contribution >= 4 is 34.3 Å². The van der Waals surface area contributed by atoms with Crippen LogP contribution in [0.5, 0.6) is 0 Å². The van der Waals surface area contributed by atoms with Crippen molar-refractivity contribution in [3.63, 3.8) is 0 Å². The molecule has 0 fully saturated rings. The Labute approximate surface area is 103 Å². The highest BCUT2D eigenvalue weighted by Crippen LogP contribution is 2.23. The molecule has 0 saturated carbocycles. The van der Waals surface area contributed by atoms with Gasteiger partial charge in [-0.15, -0.1) is 22.7 Å². The fourth-order valence-corrected chi connectivity index (χ4v) is 3.14. The van der Waals surface area contributed by atoms with E-state index in [2.05, 4.69) is 35.8 Å². The molecule has 80 valence electrons. The zero-order valence-electron chi connectivity index (χ0n) is 8.37. The second kappa shape index (κ2) is 5.12. The average molecular weight is 258 g/mol. The van der Waals surface area contributed by atoms with E-state index in [0.717, 1.165) is 10.9 Å². The molecule has 0 radical (unpaired) electrons. The van der Waals surface area contributed by atoms with Crippen molar-refractivity contribution < 1.29 is 0 Å². The molecule has 15 heavy (non-hydrogen) atoms. The lowest BCUT2D eigenvalue weighted by Crippen LogP contribution is -2.16. The lowest BCUT2D eigenvalue weighted by Gasteiger charge is -2.10. The van der Waals surface area contributed by atoms with Crippen LogP contribution >= 0.6 is 34.3 Å². The molecule has 0 aliphatic rings. The first-order chi connectivity index (χ1) is 7.25. The van der Waals surface area contributed by atoms with Crippen LogP contribution in [0.2, 0.25) is 4.34 Å². The summed E-state index contributed by atoms with van der Waals surface area (Å²) in [6.07, 6.45) is 0. The van der Waals surface area contributed by atoms with Crippen molar-refractivity contribution in [2.75, 3.05) is 0 Å². The Kier molecular flexibility index (Phi) is 3.81. The first kappa shape index (κ1) is 11.1. The molecule has 0 aromatic carbocycles. The van der Waals surface area contributed by atoms with Gasteiger partial charge < -0.3 is 5.32 Å². The normalized spacial score (nSPS) is 12.9. The van der Waals surface area contributed by atoms with Gasteiger partial charge in [0.2, 0.25) is 0 Å². The predicted octanol–water partition coefficient (Wildman–Crippen LogP) is 4.31. The number of hydrogen-bond donors (Lipinski definition) is 1. The smallest absolute Gasteiger partial charge is 0.0931 e. The van der Waals surface area contributed by atoms with Crippen LogP contribution in [0.3, 0.4) is 0 Å². The van der Waals surface area contributed by atoms with Gasteiger partial charge in [0.15, 0.2) is 0 Å². The maximum absolute atomic E-state index is 5.87. The van der Waals surface area contributed by atoms with Crippen LogP contribution < -0.4 is 5.32 Å². The van der Waals surface area contributed by atoms with Crippen molar-refractivity contribution in [3.8, 4) is 0 Å². The molecule has 0 saturated heterocycles. The van der Waals surface area contributed by atoms with Gasteiger partial charge in [-0.1, -0.05) is 17.7 Å². The standard InChI is InChI=1S/C11H12ClNS2/c1-8(10-3-2-6-14-10)13-7-9-4-5-11(12)15-9/h2-6,8,13H,7H2,1H3/t8-/m1/s1. The largest absolute Gasteiger partial charge is 0.305 e. The first-order valence-corrected chi connectivity index (χ1v) is 6.84. The van der Waals surface area contributed by atoms with Crippen molar-refractivity contribution in [2.45, 2.75) is 19.5 Å². The first-order valence-electron chi connectivity index (χ1n) is 4.76. The Bertz CT molecular complexity index is 408. The summed E-state index contributed by atoms with van der Waals surface area (Å²) in [5.74, 6) is 0. The van der Waals surface area contributed by atoms with E-state index in [9.17, 15) is 0 Å². The summed E-state index contributed by atoms with van der Waals surface area (Å²) < 4.78 is 0.857. The molecular weight excluding hydrogens is 246 g/mol. The minimum atomic E-state index is 0.408. The van der Waals surface area contributed by atoms with Crippen LogP contribution in [0.1, 0.15) is 22.7 Å². The molecule has 2 rings (SSSR count). The molecule has 0 aliphatic carbocycles. The van der Waals surface area contributed by atoms with Gasteiger partial charge in [-0.3, -0.25) is 0 Å². The van der Waals surface area contributed by atoms with Crippen LogP contribution in [-0.2, 0) is 6.54 Å². The Morgan fingerprint density at radius 1 is 1.40 bits per heavy atom. The van der Waals surface area contributed by atoms with E-state index in [-0.39, 0.29) is 0 Å². The molecule has 1 atom stereocenters. The summed E-state index contributed by atoms with van der Waals surface area (Å²) in [6.45, 7) is 3.07. The van der Waals surface area contributed by atoms with Gasteiger partial charge in [0.25, 0.3) is 0 Å². The molecule has 2 aromatic heterocycles. The van der Waals surface area contributed by atoms with Gasteiger partial charge in [0.05, 0.1) is 4.34 Å². The van der Waals surface area contributed by atoms with E-state index >= 15 is 0 Å². The lowest BCUT2D eigenvalue weighted by molar-refractivity contribution is 0.587. The molecule has 2 heterocycles. The zero-order chi connectivity index (χ0) is 10.7. The van der Waals surface area contributed by atoms with Crippen LogP contribution in [0.25, 0.3) is 0 Å². The fourth-order valence-electron chi connectivity index (χ4n) is 1.34. The predicted molar refractivity (Wildman–Crippen MR) is 68.9 cm³/mol. The van der Waals surface area contributed by atoms with Crippen LogP contribution in [0, 0.1) is 0 Å².